The number of carbonyl (C=O) groups excluding carboxylic acids is 3. The minimum absolute atomic E-state index is 0. The fourth-order valence-electron chi connectivity index (χ4n) is 9.81. The van der Waals surface area contributed by atoms with Gasteiger partial charge in [0.15, 0.2) is 11.6 Å². The van der Waals surface area contributed by atoms with Crippen LogP contribution in [0.1, 0.15) is 217 Å². The highest BCUT2D eigenvalue weighted by Gasteiger charge is 2.24. The second-order valence-electron chi connectivity index (χ2n) is 21.4. The Morgan fingerprint density at radius 3 is 1.28 bits per heavy atom. The fourth-order valence-corrected chi connectivity index (χ4v) is 9.81. The van der Waals surface area contributed by atoms with Gasteiger partial charge in [-0.2, -0.15) is 0 Å². The third-order valence-electron chi connectivity index (χ3n) is 14.6. The van der Waals surface area contributed by atoms with Gasteiger partial charge in [0, 0.05) is 172 Å². The van der Waals surface area contributed by atoms with Crippen LogP contribution < -0.4 is 22.5 Å². The van der Waals surface area contributed by atoms with Crippen LogP contribution in [0.5, 0.6) is 0 Å². The molecule has 14 heteroatoms. The van der Waals surface area contributed by atoms with Gasteiger partial charge in [0.1, 0.15) is 5.69 Å². The number of hydrogen-bond acceptors (Lipinski definition) is 13. The molecular weight excluding hydrogens is 1260 g/mol. The summed E-state index contributed by atoms with van der Waals surface area (Å²) in [4.78, 5) is 53.7. The molecule has 0 saturated carbocycles. The zero-order valence-corrected chi connectivity index (χ0v) is 66.6. The van der Waals surface area contributed by atoms with Crippen LogP contribution in [0.2, 0.25) is 0 Å². The van der Waals surface area contributed by atoms with Crippen molar-refractivity contribution in [1.29, 1.82) is 0 Å². The summed E-state index contributed by atoms with van der Waals surface area (Å²) >= 11 is 0. The summed E-state index contributed by atoms with van der Waals surface area (Å²) in [5, 5.41) is 12.5. The molecule has 3 aliphatic heterocycles. The number of rotatable bonds is 15. The number of aromatic nitrogens is 1. The summed E-state index contributed by atoms with van der Waals surface area (Å²) in [6.45, 7) is 47.1. The maximum Gasteiger partial charge on any atom is 0.255 e. The Hall–Kier alpha value is -8.88. The lowest BCUT2D eigenvalue weighted by molar-refractivity contribution is 0.0984. The maximum atomic E-state index is 12.7. The van der Waals surface area contributed by atoms with Crippen LogP contribution in [-0.4, -0.2) is 138 Å². The number of β-amino-alcohol motifs (C(OH)–C–C–N with tert-alkyl or cyclic N) is 1. The van der Waals surface area contributed by atoms with E-state index in [9.17, 15) is 19.5 Å². The molecule has 0 bridgehead atoms. The van der Waals surface area contributed by atoms with Crippen molar-refractivity contribution >= 4 is 23.2 Å². The van der Waals surface area contributed by atoms with Gasteiger partial charge in [0.25, 0.3) is 5.91 Å². The lowest BCUT2D eigenvalue weighted by Crippen LogP contribution is -2.43. The predicted octanol–water partition coefficient (Wildman–Crippen LogP) is 17.5. The zero-order valence-electron chi connectivity index (χ0n) is 66.6. The average molecular weight is 1410 g/mol. The molecule has 1 aromatic heterocycles. The first-order chi connectivity index (χ1) is 49.8. The first-order valence-corrected chi connectivity index (χ1v) is 37.5. The van der Waals surface area contributed by atoms with Crippen molar-refractivity contribution in [2.45, 2.75) is 182 Å². The number of likely N-dealkylation sites (tertiary alicyclic amines) is 2. The van der Waals surface area contributed by atoms with Crippen molar-refractivity contribution in [1.82, 2.24) is 29.5 Å². The topological polar surface area (TPSA) is 191 Å². The molecule has 2 atom stereocenters. The fraction of sp³-hybridized carbons (Fsp3) is 0.432. The lowest BCUT2D eigenvalue weighted by Gasteiger charge is -2.32. The van der Waals surface area contributed by atoms with Gasteiger partial charge in [0.05, 0.1) is 6.10 Å². The van der Waals surface area contributed by atoms with Crippen LogP contribution in [0.25, 0.3) is 0 Å². The van der Waals surface area contributed by atoms with Crippen LogP contribution >= 0.6 is 0 Å². The summed E-state index contributed by atoms with van der Waals surface area (Å²) < 4.78 is 0. The van der Waals surface area contributed by atoms with Crippen LogP contribution in [0, 0.1) is 35.5 Å². The number of nitrogens with zero attached hydrogens (tertiary/aromatic N) is 6. The Labute approximate surface area is 624 Å². The number of hydrogen-bond donors (Lipinski definition) is 5. The number of anilines is 1. The number of aliphatic hydroxyl groups excluding tert-OH is 1. The molecule has 3 saturated heterocycles. The minimum atomic E-state index is -0.226. The van der Waals surface area contributed by atoms with E-state index in [2.05, 4.69) is 140 Å². The Balaban J connectivity index is -0.000000311. The third-order valence-corrected chi connectivity index (χ3v) is 14.6. The number of benzene rings is 5. The Morgan fingerprint density at radius 2 is 0.882 bits per heavy atom. The number of aliphatic hydroxyl groups is 1. The largest absolute Gasteiger partial charge is 0.404 e. The van der Waals surface area contributed by atoms with Gasteiger partial charge < -0.3 is 37.4 Å². The van der Waals surface area contributed by atoms with E-state index in [-0.39, 0.29) is 27.9 Å². The maximum absolute atomic E-state index is 12.7. The molecule has 4 heterocycles. The molecule has 6 aromatic rings. The van der Waals surface area contributed by atoms with Crippen molar-refractivity contribution < 1.29 is 23.8 Å². The number of ketones is 2. The monoisotopic (exact) mass is 1410 g/mol. The first-order valence-electron chi connectivity index (χ1n) is 37.5. The van der Waals surface area contributed by atoms with Crippen LogP contribution in [-0.2, 0) is 32.5 Å². The van der Waals surface area contributed by atoms with Crippen molar-refractivity contribution in [2.24, 2.45) is 17.2 Å². The Kier molecular flexibility index (Phi) is 61.3. The van der Waals surface area contributed by atoms with E-state index in [4.69, 9.17) is 17.2 Å². The van der Waals surface area contributed by atoms with E-state index >= 15 is 0 Å². The van der Waals surface area contributed by atoms with Crippen molar-refractivity contribution in [3.63, 3.8) is 0 Å². The molecule has 5 aromatic carbocycles. The van der Waals surface area contributed by atoms with E-state index in [0.717, 1.165) is 99.7 Å². The summed E-state index contributed by atoms with van der Waals surface area (Å²) in [7, 11) is 6.47. The van der Waals surface area contributed by atoms with E-state index < -0.39 is 0 Å². The molecule has 14 nitrogen and oxygen atoms in total. The third kappa shape index (κ3) is 41.1. The number of nitrogens with two attached hydrogens (primary N) is 3. The molecule has 9 rings (SSSR count). The molecule has 0 aliphatic carbocycles. The highest BCUT2D eigenvalue weighted by molar-refractivity contribution is 6.04. The van der Waals surface area contributed by atoms with Gasteiger partial charge in [0.2, 0.25) is 0 Å². The van der Waals surface area contributed by atoms with Gasteiger partial charge in [-0.3, -0.25) is 29.1 Å². The van der Waals surface area contributed by atoms with Crippen LogP contribution in [0.3, 0.4) is 0 Å². The number of likely N-dealkylation sites (N-methyl/N-ethyl adjacent to an activating group) is 2. The van der Waals surface area contributed by atoms with Gasteiger partial charge in [-0.25, -0.2) is 4.98 Å². The smallest absolute Gasteiger partial charge is 0.255 e. The molecule has 0 radical (unpaired) electrons. The number of pyridine rings is 1. The Bertz CT molecular complexity index is 3430. The molecule has 0 unspecified atom stereocenters. The van der Waals surface area contributed by atoms with Gasteiger partial charge in [-0.05, 0) is 116 Å². The zero-order chi connectivity index (χ0) is 77.5. The quantitative estimate of drug-likeness (QED) is 0.0483. The van der Waals surface area contributed by atoms with Gasteiger partial charge >= 0.3 is 0 Å². The van der Waals surface area contributed by atoms with Crippen molar-refractivity contribution in [3.8, 4) is 35.5 Å². The van der Waals surface area contributed by atoms with E-state index in [1.54, 1.807) is 30.5 Å². The number of Topliss-reactive ketones (excluding diaryl/α,β-unsaturated/α-hetero) is 2. The predicted molar refractivity (Wildman–Crippen MR) is 446 cm³/mol. The van der Waals surface area contributed by atoms with E-state index in [1.165, 1.54) is 42.2 Å². The number of allylic oxidation sites excluding steroid dienone is 3. The number of piperazine rings is 1. The van der Waals surface area contributed by atoms with Gasteiger partial charge in [-0.15, -0.1) is 0 Å². The normalized spacial score (nSPS) is 14.0. The summed E-state index contributed by atoms with van der Waals surface area (Å²) in [5.41, 5.74) is 26.4. The molecule has 102 heavy (non-hydrogen) atoms. The highest BCUT2D eigenvalue weighted by Crippen LogP contribution is 2.20. The standard InChI is InChI=1S/C25H29N3O.C24H27N3O.C21H22N4O2.9C2H6.3H2/c1-27(2)24-13-15-28(19-24)18-22-11-9-21(10-12-22)17-25(29)23-8-5-7-20(16-23)6-3-4-14-26;1-26-13-15-27(16-14-26)19-22-10-8-21(9-11-22)18-24(28)23-7-4-6-20(17-23)5-2-3-12-25;22-10-2-1-3-18-13-19(8-11-23-18)24-21(27)17-6-4-16(5-7-17)14-25-12-9-20(26)15-25;9*1-2;;;/h4-5,7-12,14,16,24H,13,15,17-19,26H2,1-2H3;3-4,6-12,17H,13-16,18-19,25H2,1H3;2,4-8,10-11,13,20,26H,9,12,14-15,22H2,(H,23,24,27);9*1-2H3;3*1H/b14-4+;12-3+;10-2+;;;;;;;;;;;;/t24-;;20-;;;;;;;;;;;;/m1.1............/s1/i;;;;;;;;;;;;3*1+2. The lowest BCUT2D eigenvalue weighted by atomic mass is 10.0. The molecule has 3 fully saturated rings. The van der Waals surface area contributed by atoms with E-state index in [1.807, 2.05) is 197 Å². The van der Waals surface area contributed by atoms with E-state index in [0.29, 0.717) is 53.5 Å². The van der Waals surface area contributed by atoms with Crippen LogP contribution in [0.4, 0.5) is 5.69 Å². The highest BCUT2D eigenvalue weighted by atomic mass is 16.3. The second-order valence-corrected chi connectivity index (χ2v) is 21.4. The first kappa shape index (κ1) is 97.3. The minimum Gasteiger partial charge on any atom is -0.404 e. The molecule has 3 aliphatic rings. The Morgan fingerprint density at radius 1 is 0.490 bits per heavy atom. The molecule has 0 spiro atoms. The molecular formula is C88H138N10O4. The number of amides is 1. The van der Waals surface area contributed by atoms with Crippen LogP contribution in [0.15, 0.2) is 176 Å². The second kappa shape index (κ2) is 64.2. The van der Waals surface area contributed by atoms with Crippen molar-refractivity contribution in [2.75, 3.05) is 78.8 Å². The molecule has 8 N–H and O–H groups in total. The number of carbonyl (C=O) groups is 3. The van der Waals surface area contributed by atoms with Gasteiger partial charge in [-0.1, -0.05) is 239 Å². The summed E-state index contributed by atoms with van der Waals surface area (Å²) in [5.74, 6) is 17.2. The summed E-state index contributed by atoms with van der Waals surface area (Å²) in [6, 6.07) is 43.3. The molecule has 564 valence electrons. The van der Waals surface area contributed by atoms with Crippen molar-refractivity contribution in [3.05, 3.63) is 238 Å². The SMILES string of the molecule is CC.CC.CC.CC.CC.CC.CC.CC.CC.CN(C)[C@@H]1CCN(Cc2ccc(CC(=O)c3cccc(C#C/C=C/N)c3)cc2)C1.CN1CCN(Cc2ccc(CC(=O)c3cccc(C#C/C=C/N)c3)cc2)CC1.N/C=C/C#Cc1cc(NC(=O)c2ccc(CN3CC[C@@H](O)C3)cc2)ccn1.[3HH].[3HH].[3HH]. The summed E-state index contributed by atoms with van der Waals surface area (Å²) in [6.07, 6.45) is 13.1. The average Bonchev–Trinajstić information content (AvgIpc) is 0.979. The molecule has 1 amide bonds. The number of nitrogens with one attached hydrogen (secondary N) is 1.